The third kappa shape index (κ3) is 3.52. The Balaban J connectivity index is 2.12. The molecule has 8 heteroatoms. The number of ether oxygens (including phenoxy) is 5. The summed E-state index contributed by atoms with van der Waals surface area (Å²) in [4.78, 5) is 37.4. The van der Waals surface area contributed by atoms with Gasteiger partial charge < -0.3 is 23.7 Å². The largest absolute Gasteiger partial charge is 0.493 e. The molecule has 0 aromatic heterocycles. The Labute approximate surface area is 166 Å². The number of esters is 1. The Morgan fingerprint density at radius 3 is 1.90 bits per heavy atom. The van der Waals surface area contributed by atoms with E-state index in [1.807, 2.05) is 0 Å². The van der Waals surface area contributed by atoms with Gasteiger partial charge in [-0.1, -0.05) is 0 Å². The smallest absolute Gasteiger partial charge is 0.385 e. The van der Waals surface area contributed by atoms with E-state index in [0.29, 0.717) is 28.6 Å². The predicted octanol–water partition coefficient (Wildman–Crippen LogP) is 2.44. The number of hydrogen-bond acceptors (Lipinski definition) is 8. The van der Waals surface area contributed by atoms with E-state index in [-0.39, 0.29) is 16.9 Å². The van der Waals surface area contributed by atoms with Gasteiger partial charge in [-0.05, 0) is 36.4 Å². The summed E-state index contributed by atoms with van der Waals surface area (Å²) in [5, 5.41) is 0. The summed E-state index contributed by atoms with van der Waals surface area (Å²) in [5.41, 5.74) is 0.0994. The molecule has 0 spiro atoms. The van der Waals surface area contributed by atoms with Crippen molar-refractivity contribution < 1.29 is 38.1 Å². The number of methoxy groups -OCH3 is 4. The lowest BCUT2D eigenvalue weighted by atomic mass is 9.97. The van der Waals surface area contributed by atoms with Crippen molar-refractivity contribution in [2.75, 3.05) is 28.4 Å². The van der Waals surface area contributed by atoms with Crippen molar-refractivity contribution in [1.29, 1.82) is 0 Å². The third-order valence-electron chi connectivity index (χ3n) is 4.35. The van der Waals surface area contributed by atoms with Crippen molar-refractivity contribution in [2.45, 2.75) is 0 Å². The molecule has 0 N–H and O–H groups in total. The molecule has 0 unspecified atom stereocenters. The Bertz CT molecular complexity index is 1030. The first-order valence-electron chi connectivity index (χ1n) is 8.45. The number of Topliss-reactive ketones (excluding diaryl/α,β-unsaturated/α-hetero) is 2. The summed E-state index contributed by atoms with van der Waals surface area (Å²) >= 11 is 0. The van der Waals surface area contributed by atoms with Crippen LogP contribution in [0.25, 0.3) is 5.76 Å². The fraction of sp³-hybridized carbons (Fsp3) is 0.190. The first-order chi connectivity index (χ1) is 13.9. The molecule has 0 bridgehead atoms. The highest BCUT2D eigenvalue weighted by Gasteiger charge is 2.39. The lowest BCUT2D eigenvalue weighted by molar-refractivity contribution is -0.144. The van der Waals surface area contributed by atoms with Crippen LogP contribution in [-0.4, -0.2) is 46.0 Å². The summed E-state index contributed by atoms with van der Waals surface area (Å²) in [6.07, 6.45) is 0. The second kappa shape index (κ2) is 8.05. The minimum atomic E-state index is -1.13. The molecular formula is C21H18O8. The number of benzene rings is 2. The lowest BCUT2D eigenvalue weighted by Gasteiger charge is -2.11. The molecule has 1 heterocycles. The van der Waals surface area contributed by atoms with Crippen molar-refractivity contribution in [1.82, 2.24) is 0 Å². The average molecular weight is 398 g/mol. The van der Waals surface area contributed by atoms with Crippen molar-refractivity contribution in [3.05, 3.63) is 53.1 Å². The van der Waals surface area contributed by atoms with Gasteiger partial charge in [0, 0.05) is 11.1 Å². The van der Waals surface area contributed by atoms with Gasteiger partial charge in [0.2, 0.25) is 5.78 Å². The van der Waals surface area contributed by atoms with Gasteiger partial charge in [0.25, 0.3) is 5.78 Å². The number of ketones is 2. The summed E-state index contributed by atoms with van der Waals surface area (Å²) in [6.45, 7) is 0. The monoisotopic (exact) mass is 398 g/mol. The van der Waals surface area contributed by atoms with Gasteiger partial charge >= 0.3 is 5.97 Å². The van der Waals surface area contributed by atoms with E-state index < -0.39 is 17.5 Å². The van der Waals surface area contributed by atoms with Crippen molar-refractivity contribution in [3.8, 4) is 23.0 Å². The Hall–Kier alpha value is -3.81. The molecule has 1 aliphatic rings. The molecule has 2 aromatic rings. The topological polar surface area (TPSA) is 97.4 Å². The van der Waals surface area contributed by atoms with Gasteiger partial charge in [-0.2, -0.15) is 0 Å². The molecule has 1 aliphatic heterocycles. The average Bonchev–Trinajstić information content (AvgIpc) is 3.06. The van der Waals surface area contributed by atoms with Gasteiger partial charge in [0.1, 0.15) is 5.57 Å². The lowest BCUT2D eigenvalue weighted by Crippen LogP contribution is -2.16. The van der Waals surface area contributed by atoms with Gasteiger partial charge in [0.15, 0.2) is 28.8 Å². The van der Waals surface area contributed by atoms with Crippen LogP contribution in [0.2, 0.25) is 0 Å². The predicted molar refractivity (Wildman–Crippen MR) is 101 cm³/mol. The maximum absolute atomic E-state index is 13.1. The molecule has 150 valence electrons. The summed E-state index contributed by atoms with van der Waals surface area (Å²) in [5.74, 6) is -1.43. The summed E-state index contributed by atoms with van der Waals surface area (Å²) in [7, 11) is 5.80. The number of cyclic esters (lactones) is 1. The molecular weight excluding hydrogens is 380 g/mol. The SMILES string of the molecule is COc1ccc(C(=O)C2=C(c3ccc(OC)c(OC)c3)OC(=O)C2=O)cc1OC. The number of carbonyl (C=O) groups excluding carboxylic acids is 3. The molecule has 29 heavy (non-hydrogen) atoms. The number of carbonyl (C=O) groups is 3. The van der Waals surface area contributed by atoms with E-state index in [9.17, 15) is 14.4 Å². The van der Waals surface area contributed by atoms with Gasteiger partial charge in [-0.15, -0.1) is 0 Å². The van der Waals surface area contributed by atoms with Gasteiger partial charge in [-0.25, -0.2) is 4.79 Å². The highest BCUT2D eigenvalue weighted by Crippen LogP contribution is 2.36. The van der Waals surface area contributed by atoms with Crippen LogP contribution >= 0.6 is 0 Å². The minimum Gasteiger partial charge on any atom is -0.493 e. The van der Waals surface area contributed by atoms with E-state index in [0.717, 1.165) is 0 Å². The standard InChI is InChI=1S/C21H18O8/c1-25-13-7-5-11(9-15(13)27-3)18(22)17-19(23)21(24)29-20(17)12-6-8-14(26-2)16(10-12)28-4/h5-10H,1-4H3. The molecule has 0 radical (unpaired) electrons. The summed E-state index contributed by atoms with van der Waals surface area (Å²) < 4.78 is 25.9. The van der Waals surface area contributed by atoms with Crippen LogP contribution in [0.15, 0.2) is 42.0 Å². The van der Waals surface area contributed by atoms with Crippen LogP contribution in [0.5, 0.6) is 23.0 Å². The van der Waals surface area contributed by atoms with E-state index in [1.165, 1.54) is 52.7 Å². The molecule has 0 saturated carbocycles. The normalized spacial score (nSPS) is 13.2. The van der Waals surface area contributed by atoms with Crippen LogP contribution < -0.4 is 18.9 Å². The molecule has 3 rings (SSSR count). The van der Waals surface area contributed by atoms with E-state index in [4.69, 9.17) is 23.7 Å². The van der Waals surface area contributed by atoms with Crippen LogP contribution in [0.1, 0.15) is 15.9 Å². The van der Waals surface area contributed by atoms with Crippen LogP contribution in [0, 0.1) is 0 Å². The number of hydrogen-bond donors (Lipinski definition) is 0. The molecule has 0 aliphatic carbocycles. The zero-order chi connectivity index (χ0) is 21.1. The van der Waals surface area contributed by atoms with Crippen LogP contribution in [-0.2, 0) is 14.3 Å². The molecule has 2 aromatic carbocycles. The number of rotatable bonds is 7. The van der Waals surface area contributed by atoms with Crippen molar-refractivity contribution >= 4 is 23.3 Å². The Morgan fingerprint density at radius 2 is 1.31 bits per heavy atom. The fourth-order valence-electron chi connectivity index (χ4n) is 2.90. The maximum Gasteiger partial charge on any atom is 0.385 e. The molecule has 0 atom stereocenters. The van der Waals surface area contributed by atoms with Crippen molar-refractivity contribution in [3.63, 3.8) is 0 Å². The van der Waals surface area contributed by atoms with E-state index >= 15 is 0 Å². The molecule has 0 fully saturated rings. The van der Waals surface area contributed by atoms with Crippen molar-refractivity contribution in [2.24, 2.45) is 0 Å². The zero-order valence-electron chi connectivity index (χ0n) is 16.2. The van der Waals surface area contributed by atoms with Gasteiger partial charge in [-0.3, -0.25) is 9.59 Å². The quantitative estimate of drug-likeness (QED) is 0.304. The van der Waals surface area contributed by atoms with Crippen LogP contribution in [0.4, 0.5) is 0 Å². The zero-order valence-corrected chi connectivity index (χ0v) is 16.2. The summed E-state index contributed by atoms with van der Waals surface area (Å²) in [6, 6.07) is 9.09. The van der Waals surface area contributed by atoms with Gasteiger partial charge in [0.05, 0.1) is 28.4 Å². The van der Waals surface area contributed by atoms with Crippen LogP contribution in [0.3, 0.4) is 0 Å². The Morgan fingerprint density at radius 1 is 0.759 bits per heavy atom. The first kappa shape index (κ1) is 19.9. The highest BCUT2D eigenvalue weighted by atomic mass is 16.5. The Kier molecular flexibility index (Phi) is 5.54. The minimum absolute atomic E-state index is 0.138. The molecule has 8 nitrogen and oxygen atoms in total. The van der Waals surface area contributed by atoms with E-state index in [2.05, 4.69) is 0 Å². The highest BCUT2D eigenvalue weighted by molar-refractivity contribution is 6.54. The second-order valence-electron chi connectivity index (χ2n) is 5.89. The third-order valence-corrected chi connectivity index (χ3v) is 4.35. The maximum atomic E-state index is 13.1. The van der Waals surface area contributed by atoms with E-state index in [1.54, 1.807) is 12.1 Å². The first-order valence-corrected chi connectivity index (χ1v) is 8.45. The molecule has 0 saturated heterocycles. The second-order valence-corrected chi connectivity index (χ2v) is 5.89. The fourth-order valence-corrected chi connectivity index (χ4v) is 2.90. The molecule has 0 amide bonds.